The molecule has 1 aliphatic heterocycles. The molecule has 2 aromatic rings. The summed E-state index contributed by atoms with van der Waals surface area (Å²) in [5.41, 5.74) is 2.13. The van der Waals surface area contributed by atoms with Gasteiger partial charge in [0, 0.05) is 36.4 Å². The maximum Gasteiger partial charge on any atom is 0.159 e. The molecule has 0 amide bonds. The van der Waals surface area contributed by atoms with Gasteiger partial charge in [-0.15, -0.1) is 0 Å². The fourth-order valence-corrected chi connectivity index (χ4v) is 2.91. The van der Waals surface area contributed by atoms with E-state index in [9.17, 15) is 0 Å². The molecule has 1 fully saturated rings. The number of fused-ring (bicyclic) bond motifs is 1. The molecule has 2 aromatic heterocycles. The van der Waals surface area contributed by atoms with Crippen molar-refractivity contribution in [3.63, 3.8) is 0 Å². The van der Waals surface area contributed by atoms with E-state index in [1.165, 1.54) is 17.2 Å². The SMILES string of the molecule is Cc1cc(N2CCSCC2)nc2cncn12. The Hall–Kier alpha value is -1.23. The van der Waals surface area contributed by atoms with E-state index in [4.69, 9.17) is 0 Å². The highest BCUT2D eigenvalue weighted by Crippen LogP contribution is 2.19. The van der Waals surface area contributed by atoms with Crippen LogP contribution >= 0.6 is 11.8 Å². The van der Waals surface area contributed by atoms with Gasteiger partial charge in [0.1, 0.15) is 12.1 Å². The van der Waals surface area contributed by atoms with Crippen molar-refractivity contribution in [2.24, 2.45) is 0 Å². The smallest absolute Gasteiger partial charge is 0.159 e. The van der Waals surface area contributed by atoms with Gasteiger partial charge in [0.15, 0.2) is 5.65 Å². The number of imidazole rings is 1. The molecule has 0 unspecified atom stereocenters. The van der Waals surface area contributed by atoms with E-state index >= 15 is 0 Å². The first-order chi connectivity index (χ1) is 7.84. The van der Waals surface area contributed by atoms with E-state index in [0.717, 1.165) is 24.6 Å². The molecule has 16 heavy (non-hydrogen) atoms. The lowest BCUT2D eigenvalue weighted by Crippen LogP contribution is -2.33. The second-order valence-electron chi connectivity index (χ2n) is 3.98. The van der Waals surface area contributed by atoms with E-state index in [1.54, 1.807) is 0 Å². The Labute approximate surface area is 98.7 Å². The summed E-state index contributed by atoms with van der Waals surface area (Å²) >= 11 is 2.02. The highest BCUT2D eigenvalue weighted by Gasteiger charge is 2.13. The highest BCUT2D eigenvalue weighted by molar-refractivity contribution is 7.99. The standard InChI is InChI=1S/C11H14N4S/c1-9-6-10(14-2-4-16-5-3-14)13-11-7-12-8-15(9)11/h6-8H,2-5H2,1H3. The molecule has 1 saturated heterocycles. The molecule has 5 heteroatoms. The Balaban J connectivity index is 2.02. The lowest BCUT2D eigenvalue weighted by Gasteiger charge is -2.27. The molecule has 4 nitrogen and oxygen atoms in total. The minimum atomic E-state index is 0.938. The van der Waals surface area contributed by atoms with Crippen molar-refractivity contribution in [1.29, 1.82) is 0 Å². The Bertz CT molecular complexity index is 502. The van der Waals surface area contributed by atoms with Gasteiger partial charge in [-0.25, -0.2) is 9.97 Å². The third-order valence-electron chi connectivity index (χ3n) is 2.90. The zero-order valence-electron chi connectivity index (χ0n) is 9.26. The normalized spacial score (nSPS) is 16.9. The number of aryl methyl sites for hydroxylation is 1. The third-order valence-corrected chi connectivity index (χ3v) is 3.84. The van der Waals surface area contributed by atoms with E-state index in [0.29, 0.717) is 0 Å². The van der Waals surface area contributed by atoms with Crippen molar-refractivity contribution in [3.05, 3.63) is 24.3 Å². The van der Waals surface area contributed by atoms with Gasteiger partial charge in [-0.05, 0) is 6.92 Å². The van der Waals surface area contributed by atoms with Crippen molar-refractivity contribution >= 4 is 23.2 Å². The zero-order valence-corrected chi connectivity index (χ0v) is 10.1. The summed E-state index contributed by atoms with van der Waals surface area (Å²) in [7, 11) is 0. The molecule has 0 radical (unpaired) electrons. The maximum absolute atomic E-state index is 4.64. The zero-order chi connectivity index (χ0) is 11.0. The predicted molar refractivity (Wildman–Crippen MR) is 67.3 cm³/mol. The molecule has 3 rings (SSSR count). The topological polar surface area (TPSA) is 33.4 Å². The monoisotopic (exact) mass is 234 g/mol. The summed E-state index contributed by atoms with van der Waals surface area (Å²) in [6.45, 7) is 4.29. The number of hydrogen-bond donors (Lipinski definition) is 0. The maximum atomic E-state index is 4.64. The summed E-state index contributed by atoms with van der Waals surface area (Å²) in [6.07, 6.45) is 3.63. The molecule has 0 N–H and O–H groups in total. The van der Waals surface area contributed by atoms with Crippen molar-refractivity contribution < 1.29 is 0 Å². The number of nitrogens with zero attached hydrogens (tertiary/aromatic N) is 4. The van der Waals surface area contributed by atoms with Crippen LogP contribution in [0.1, 0.15) is 5.69 Å². The predicted octanol–water partition coefficient (Wildman–Crippen LogP) is 1.59. The van der Waals surface area contributed by atoms with Gasteiger partial charge in [0.05, 0.1) is 6.20 Å². The number of thioether (sulfide) groups is 1. The first-order valence-corrected chi connectivity index (χ1v) is 6.62. The second-order valence-corrected chi connectivity index (χ2v) is 5.20. The molecule has 84 valence electrons. The quantitative estimate of drug-likeness (QED) is 0.750. The summed E-state index contributed by atoms with van der Waals surface area (Å²) < 4.78 is 2.02. The summed E-state index contributed by atoms with van der Waals surface area (Å²) in [5.74, 6) is 3.49. The van der Waals surface area contributed by atoms with Crippen molar-refractivity contribution in [3.8, 4) is 0 Å². The van der Waals surface area contributed by atoms with Crippen LogP contribution in [-0.2, 0) is 0 Å². The second kappa shape index (κ2) is 3.97. The van der Waals surface area contributed by atoms with Crippen molar-refractivity contribution in [2.45, 2.75) is 6.92 Å². The van der Waals surface area contributed by atoms with Crippen LogP contribution in [0.5, 0.6) is 0 Å². The van der Waals surface area contributed by atoms with Crippen LogP contribution in [0.15, 0.2) is 18.6 Å². The molecule has 1 aliphatic rings. The molecule has 0 aliphatic carbocycles. The van der Waals surface area contributed by atoms with Crippen LogP contribution in [0.3, 0.4) is 0 Å². The van der Waals surface area contributed by atoms with Gasteiger partial charge in [0.2, 0.25) is 0 Å². The Morgan fingerprint density at radius 3 is 2.94 bits per heavy atom. The minimum absolute atomic E-state index is 0.938. The van der Waals surface area contributed by atoms with Crippen LogP contribution in [0.2, 0.25) is 0 Å². The van der Waals surface area contributed by atoms with E-state index < -0.39 is 0 Å². The Morgan fingerprint density at radius 2 is 2.12 bits per heavy atom. The third kappa shape index (κ3) is 1.65. The molecule has 3 heterocycles. The van der Waals surface area contributed by atoms with Crippen molar-refractivity contribution in [1.82, 2.24) is 14.4 Å². The number of hydrogen-bond acceptors (Lipinski definition) is 4. The fourth-order valence-electron chi connectivity index (χ4n) is 2.00. The minimum Gasteiger partial charge on any atom is -0.355 e. The molecular formula is C11H14N4S. The van der Waals surface area contributed by atoms with Crippen LogP contribution in [0, 0.1) is 6.92 Å². The van der Waals surface area contributed by atoms with Crippen LogP contribution in [-0.4, -0.2) is 39.0 Å². The fraction of sp³-hybridized carbons (Fsp3) is 0.455. The largest absolute Gasteiger partial charge is 0.355 e. The number of aromatic nitrogens is 3. The van der Waals surface area contributed by atoms with Gasteiger partial charge in [0.25, 0.3) is 0 Å². The molecule has 0 atom stereocenters. The van der Waals surface area contributed by atoms with Crippen molar-refractivity contribution in [2.75, 3.05) is 29.5 Å². The average molecular weight is 234 g/mol. The molecule has 0 saturated carbocycles. The van der Waals surface area contributed by atoms with Crippen LogP contribution in [0.4, 0.5) is 5.82 Å². The highest BCUT2D eigenvalue weighted by atomic mass is 32.2. The summed E-state index contributed by atoms with van der Waals surface area (Å²) in [5, 5.41) is 0. The lowest BCUT2D eigenvalue weighted by molar-refractivity contribution is 0.834. The van der Waals surface area contributed by atoms with E-state index in [1.807, 2.05) is 28.7 Å². The van der Waals surface area contributed by atoms with Gasteiger partial charge >= 0.3 is 0 Å². The molecule has 0 aromatic carbocycles. The van der Waals surface area contributed by atoms with Crippen LogP contribution in [0.25, 0.3) is 5.65 Å². The van der Waals surface area contributed by atoms with Crippen LogP contribution < -0.4 is 4.90 Å². The molecular weight excluding hydrogens is 220 g/mol. The molecule has 0 spiro atoms. The average Bonchev–Trinajstić information content (AvgIpc) is 2.79. The van der Waals surface area contributed by atoms with Gasteiger partial charge < -0.3 is 4.90 Å². The van der Waals surface area contributed by atoms with E-state index in [2.05, 4.69) is 27.9 Å². The number of rotatable bonds is 1. The first kappa shape index (κ1) is 9.96. The number of anilines is 1. The lowest BCUT2D eigenvalue weighted by atomic mass is 10.3. The van der Waals surface area contributed by atoms with Gasteiger partial charge in [-0.1, -0.05) is 0 Å². The first-order valence-electron chi connectivity index (χ1n) is 5.47. The summed E-state index contributed by atoms with van der Waals surface area (Å²) in [6, 6.07) is 2.14. The Kier molecular flexibility index (Phi) is 2.47. The molecule has 0 bridgehead atoms. The Morgan fingerprint density at radius 1 is 1.31 bits per heavy atom. The van der Waals surface area contributed by atoms with Gasteiger partial charge in [-0.3, -0.25) is 4.40 Å². The van der Waals surface area contributed by atoms with Gasteiger partial charge in [-0.2, -0.15) is 11.8 Å². The summed E-state index contributed by atoms with van der Waals surface area (Å²) in [4.78, 5) is 11.1. The van der Waals surface area contributed by atoms with E-state index in [-0.39, 0.29) is 0 Å².